The van der Waals surface area contributed by atoms with Gasteiger partial charge in [-0.1, -0.05) is 27.5 Å². The SMILES string of the molecule is Clc1cncnc1N1CCCCC1CBr. The van der Waals surface area contributed by atoms with Gasteiger partial charge in [0.2, 0.25) is 0 Å². The van der Waals surface area contributed by atoms with Crippen LogP contribution in [0, 0.1) is 0 Å². The van der Waals surface area contributed by atoms with Crippen molar-refractivity contribution < 1.29 is 0 Å². The minimum absolute atomic E-state index is 0.506. The Kier molecular flexibility index (Phi) is 3.81. The Hall–Kier alpha value is -0.350. The van der Waals surface area contributed by atoms with Crippen LogP contribution in [0.4, 0.5) is 5.82 Å². The van der Waals surface area contributed by atoms with Gasteiger partial charge in [-0.25, -0.2) is 9.97 Å². The molecule has 82 valence electrons. The van der Waals surface area contributed by atoms with Crippen molar-refractivity contribution in [2.24, 2.45) is 0 Å². The summed E-state index contributed by atoms with van der Waals surface area (Å²) in [6.45, 7) is 1.03. The lowest BCUT2D eigenvalue weighted by molar-refractivity contribution is 0.487. The smallest absolute Gasteiger partial charge is 0.151 e. The summed E-state index contributed by atoms with van der Waals surface area (Å²) < 4.78 is 0. The molecule has 0 amide bonds. The van der Waals surface area contributed by atoms with Gasteiger partial charge in [0.05, 0.1) is 6.20 Å². The molecule has 1 aliphatic rings. The molecule has 1 aromatic heterocycles. The highest BCUT2D eigenvalue weighted by Gasteiger charge is 2.24. The predicted molar refractivity (Wildman–Crippen MR) is 65.8 cm³/mol. The molecular formula is C10H13BrClN3. The summed E-state index contributed by atoms with van der Waals surface area (Å²) in [5.74, 6) is 0.871. The fourth-order valence-corrected chi connectivity index (χ4v) is 2.84. The molecular weight excluding hydrogens is 277 g/mol. The van der Waals surface area contributed by atoms with Crippen LogP contribution in [-0.4, -0.2) is 27.9 Å². The first kappa shape index (κ1) is 11.1. The Morgan fingerprint density at radius 2 is 2.40 bits per heavy atom. The van der Waals surface area contributed by atoms with E-state index in [4.69, 9.17) is 11.6 Å². The summed E-state index contributed by atoms with van der Waals surface area (Å²) >= 11 is 9.64. The quantitative estimate of drug-likeness (QED) is 0.784. The van der Waals surface area contributed by atoms with Crippen molar-refractivity contribution in [3.8, 4) is 0 Å². The number of halogens is 2. The van der Waals surface area contributed by atoms with E-state index < -0.39 is 0 Å². The molecule has 2 heterocycles. The first-order valence-corrected chi connectivity index (χ1v) is 6.61. The lowest BCUT2D eigenvalue weighted by atomic mass is 10.0. The van der Waals surface area contributed by atoms with Gasteiger partial charge in [0.25, 0.3) is 0 Å². The van der Waals surface area contributed by atoms with Gasteiger partial charge >= 0.3 is 0 Å². The van der Waals surface area contributed by atoms with Crippen LogP contribution in [0.25, 0.3) is 0 Å². The van der Waals surface area contributed by atoms with Gasteiger partial charge < -0.3 is 4.90 Å². The van der Waals surface area contributed by atoms with Crippen molar-refractivity contribution in [1.82, 2.24) is 9.97 Å². The average molecular weight is 291 g/mol. The molecule has 0 aliphatic carbocycles. The molecule has 0 N–H and O–H groups in total. The van der Waals surface area contributed by atoms with Crippen LogP contribution in [0.1, 0.15) is 19.3 Å². The lowest BCUT2D eigenvalue weighted by Crippen LogP contribution is -2.41. The van der Waals surface area contributed by atoms with Crippen LogP contribution < -0.4 is 4.90 Å². The van der Waals surface area contributed by atoms with E-state index >= 15 is 0 Å². The third kappa shape index (κ3) is 2.42. The third-order valence-electron chi connectivity index (χ3n) is 2.73. The molecule has 3 nitrogen and oxygen atoms in total. The first-order valence-electron chi connectivity index (χ1n) is 5.11. The molecule has 0 saturated carbocycles. The van der Waals surface area contributed by atoms with E-state index in [1.165, 1.54) is 19.3 Å². The molecule has 1 fully saturated rings. The number of anilines is 1. The van der Waals surface area contributed by atoms with E-state index in [1.807, 2.05) is 0 Å². The van der Waals surface area contributed by atoms with Crippen molar-refractivity contribution in [3.63, 3.8) is 0 Å². The zero-order chi connectivity index (χ0) is 10.7. The summed E-state index contributed by atoms with van der Waals surface area (Å²) in [6.07, 6.45) is 6.91. The summed E-state index contributed by atoms with van der Waals surface area (Å²) in [7, 11) is 0. The van der Waals surface area contributed by atoms with Gasteiger partial charge in [-0.3, -0.25) is 0 Å². The minimum atomic E-state index is 0.506. The number of rotatable bonds is 2. The second kappa shape index (κ2) is 5.12. The first-order chi connectivity index (χ1) is 7.33. The van der Waals surface area contributed by atoms with E-state index in [1.54, 1.807) is 12.5 Å². The van der Waals surface area contributed by atoms with E-state index in [9.17, 15) is 0 Å². The Balaban J connectivity index is 2.24. The maximum absolute atomic E-state index is 6.10. The number of aromatic nitrogens is 2. The molecule has 1 aliphatic heterocycles. The minimum Gasteiger partial charge on any atom is -0.351 e. The van der Waals surface area contributed by atoms with Crippen molar-refractivity contribution in [2.45, 2.75) is 25.3 Å². The highest BCUT2D eigenvalue weighted by atomic mass is 79.9. The Bertz CT molecular complexity index is 334. The van der Waals surface area contributed by atoms with Crippen molar-refractivity contribution in [2.75, 3.05) is 16.8 Å². The summed E-state index contributed by atoms with van der Waals surface area (Å²) in [6, 6.07) is 0.506. The van der Waals surface area contributed by atoms with Crippen LogP contribution in [0.5, 0.6) is 0 Å². The average Bonchev–Trinajstić information content (AvgIpc) is 2.30. The number of hydrogen-bond donors (Lipinski definition) is 0. The van der Waals surface area contributed by atoms with E-state index in [0.717, 1.165) is 17.7 Å². The van der Waals surface area contributed by atoms with Gasteiger partial charge in [-0.05, 0) is 19.3 Å². The zero-order valence-electron chi connectivity index (χ0n) is 8.37. The van der Waals surface area contributed by atoms with Gasteiger partial charge in [-0.15, -0.1) is 0 Å². The topological polar surface area (TPSA) is 29.0 Å². The van der Waals surface area contributed by atoms with E-state index in [2.05, 4.69) is 30.8 Å². The highest BCUT2D eigenvalue weighted by Crippen LogP contribution is 2.28. The van der Waals surface area contributed by atoms with Gasteiger partial charge in [0, 0.05) is 17.9 Å². The van der Waals surface area contributed by atoms with Crippen molar-refractivity contribution in [3.05, 3.63) is 17.5 Å². The van der Waals surface area contributed by atoms with Crippen LogP contribution in [0.3, 0.4) is 0 Å². The normalized spacial score (nSPS) is 21.7. The number of alkyl halides is 1. The maximum Gasteiger partial charge on any atom is 0.151 e. The van der Waals surface area contributed by atoms with Crippen molar-refractivity contribution >= 4 is 33.3 Å². The Morgan fingerprint density at radius 3 is 3.13 bits per heavy atom. The fraction of sp³-hybridized carbons (Fsp3) is 0.600. The number of piperidine rings is 1. The zero-order valence-corrected chi connectivity index (χ0v) is 10.7. The standard InChI is InChI=1S/C10H13BrClN3/c11-5-8-3-1-2-4-15(8)10-9(12)6-13-7-14-10/h6-8H,1-5H2. The molecule has 0 spiro atoms. The van der Waals surface area contributed by atoms with Crippen LogP contribution >= 0.6 is 27.5 Å². The Labute approximate surface area is 103 Å². The summed E-state index contributed by atoms with van der Waals surface area (Å²) in [5, 5.41) is 1.61. The molecule has 0 radical (unpaired) electrons. The van der Waals surface area contributed by atoms with Crippen LogP contribution in [0.15, 0.2) is 12.5 Å². The van der Waals surface area contributed by atoms with Gasteiger partial charge in [0.15, 0.2) is 5.82 Å². The molecule has 1 atom stereocenters. The second-order valence-electron chi connectivity index (χ2n) is 3.69. The molecule has 1 unspecified atom stereocenters. The van der Waals surface area contributed by atoms with Gasteiger partial charge in [-0.2, -0.15) is 0 Å². The number of hydrogen-bond acceptors (Lipinski definition) is 3. The second-order valence-corrected chi connectivity index (χ2v) is 4.75. The predicted octanol–water partition coefficient (Wildman–Crippen LogP) is 2.88. The fourth-order valence-electron chi connectivity index (χ4n) is 1.96. The maximum atomic E-state index is 6.10. The van der Waals surface area contributed by atoms with Crippen LogP contribution in [-0.2, 0) is 0 Å². The van der Waals surface area contributed by atoms with E-state index in [0.29, 0.717) is 11.1 Å². The Morgan fingerprint density at radius 1 is 1.53 bits per heavy atom. The summed E-state index contributed by atoms with van der Waals surface area (Å²) in [5.41, 5.74) is 0. The molecule has 5 heteroatoms. The highest BCUT2D eigenvalue weighted by molar-refractivity contribution is 9.09. The third-order valence-corrected chi connectivity index (χ3v) is 3.74. The van der Waals surface area contributed by atoms with E-state index in [-0.39, 0.29) is 0 Å². The van der Waals surface area contributed by atoms with Crippen molar-refractivity contribution in [1.29, 1.82) is 0 Å². The van der Waals surface area contributed by atoms with Crippen LogP contribution in [0.2, 0.25) is 5.02 Å². The molecule has 0 bridgehead atoms. The molecule has 0 aromatic carbocycles. The number of nitrogens with zero attached hydrogens (tertiary/aromatic N) is 3. The van der Waals surface area contributed by atoms with Gasteiger partial charge in [0.1, 0.15) is 11.3 Å². The molecule has 1 saturated heterocycles. The summed E-state index contributed by atoms with van der Waals surface area (Å²) in [4.78, 5) is 10.5. The lowest BCUT2D eigenvalue weighted by Gasteiger charge is -2.35. The molecule has 1 aromatic rings. The molecule has 2 rings (SSSR count). The monoisotopic (exact) mass is 289 g/mol. The molecule has 15 heavy (non-hydrogen) atoms. The largest absolute Gasteiger partial charge is 0.351 e.